The third kappa shape index (κ3) is 2.21. The summed E-state index contributed by atoms with van der Waals surface area (Å²) in [6.07, 6.45) is 0.0936. The number of hydrogen-bond acceptors (Lipinski definition) is 5. The van der Waals surface area contributed by atoms with Crippen LogP contribution in [0.4, 0.5) is 0 Å². The molecule has 0 N–H and O–H groups in total. The summed E-state index contributed by atoms with van der Waals surface area (Å²) in [5.74, 6) is -0.766. The van der Waals surface area contributed by atoms with Crippen molar-refractivity contribution in [3.63, 3.8) is 0 Å². The van der Waals surface area contributed by atoms with Crippen LogP contribution in [0.3, 0.4) is 0 Å². The van der Waals surface area contributed by atoms with Gasteiger partial charge in [0.2, 0.25) is 0 Å². The Morgan fingerprint density at radius 2 is 1.84 bits per heavy atom. The van der Waals surface area contributed by atoms with Gasteiger partial charge in [-0.25, -0.2) is 9.59 Å². The molecule has 1 aliphatic rings. The molecule has 5 heteroatoms. The van der Waals surface area contributed by atoms with Gasteiger partial charge in [0.05, 0.1) is 19.8 Å². The normalized spacial score (nSPS) is 24.7. The smallest absolute Gasteiger partial charge is 0.338 e. The lowest BCUT2D eigenvalue weighted by atomic mass is 9.92. The van der Waals surface area contributed by atoms with E-state index in [1.165, 1.54) is 14.2 Å². The van der Waals surface area contributed by atoms with E-state index in [-0.39, 0.29) is 5.97 Å². The van der Waals surface area contributed by atoms with Gasteiger partial charge in [0.25, 0.3) is 0 Å². The summed E-state index contributed by atoms with van der Waals surface area (Å²) in [6.45, 7) is 1.94. The Balaban J connectivity index is 2.22. The Morgan fingerprint density at radius 1 is 1.21 bits per heavy atom. The maximum atomic E-state index is 11.5. The minimum atomic E-state index is -0.623. The van der Waals surface area contributed by atoms with Gasteiger partial charge in [0, 0.05) is 0 Å². The van der Waals surface area contributed by atoms with Crippen molar-refractivity contribution in [3.8, 4) is 0 Å². The molecule has 0 bridgehead atoms. The molecule has 0 saturated carbocycles. The SMILES string of the molecule is CCC1(c2ccc(C(=O)OC)cc2)OC1C(=O)OC. The largest absolute Gasteiger partial charge is 0.467 e. The fraction of sp³-hybridized carbons (Fsp3) is 0.429. The van der Waals surface area contributed by atoms with Crippen LogP contribution in [-0.4, -0.2) is 32.3 Å². The molecule has 2 unspecified atom stereocenters. The second kappa shape index (κ2) is 5.01. The first-order valence-corrected chi connectivity index (χ1v) is 6.03. The molecule has 1 fully saturated rings. The predicted octanol–water partition coefficient (Wildman–Crippen LogP) is 1.65. The van der Waals surface area contributed by atoms with Gasteiger partial charge in [-0.3, -0.25) is 0 Å². The van der Waals surface area contributed by atoms with Crippen molar-refractivity contribution >= 4 is 11.9 Å². The van der Waals surface area contributed by atoms with Crippen LogP contribution in [-0.2, 0) is 24.6 Å². The number of methoxy groups -OCH3 is 2. The molecule has 1 heterocycles. The van der Waals surface area contributed by atoms with Gasteiger partial charge < -0.3 is 14.2 Å². The molecule has 2 atom stereocenters. The number of hydrogen-bond donors (Lipinski definition) is 0. The van der Waals surface area contributed by atoms with E-state index in [1.54, 1.807) is 24.3 Å². The summed E-state index contributed by atoms with van der Waals surface area (Å²) in [5, 5.41) is 0. The van der Waals surface area contributed by atoms with Crippen LogP contribution < -0.4 is 0 Å². The third-order valence-corrected chi connectivity index (χ3v) is 3.43. The number of rotatable bonds is 4. The molecule has 2 rings (SSSR count). The van der Waals surface area contributed by atoms with E-state index in [2.05, 4.69) is 4.74 Å². The molecule has 102 valence electrons. The van der Waals surface area contributed by atoms with E-state index in [0.29, 0.717) is 12.0 Å². The molecule has 0 spiro atoms. The standard InChI is InChI=1S/C14H16O5/c1-4-14(11(19-14)13(16)18-3)10-7-5-9(6-8-10)12(15)17-2/h5-8,11H,4H2,1-3H3. The topological polar surface area (TPSA) is 65.1 Å². The summed E-state index contributed by atoms with van der Waals surface area (Å²) in [4.78, 5) is 22.9. The second-order valence-electron chi connectivity index (χ2n) is 4.33. The van der Waals surface area contributed by atoms with E-state index in [9.17, 15) is 9.59 Å². The average molecular weight is 264 g/mol. The summed E-state index contributed by atoms with van der Waals surface area (Å²) < 4.78 is 14.9. The molecule has 0 aromatic heterocycles. The van der Waals surface area contributed by atoms with Crippen LogP contribution >= 0.6 is 0 Å². The molecule has 0 radical (unpaired) electrons. The number of esters is 2. The minimum Gasteiger partial charge on any atom is -0.467 e. The number of carbonyl (C=O) groups excluding carboxylic acids is 2. The van der Waals surface area contributed by atoms with Crippen LogP contribution in [0.5, 0.6) is 0 Å². The lowest BCUT2D eigenvalue weighted by Gasteiger charge is -2.10. The van der Waals surface area contributed by atoms with Crippen molar-refractivity contribution in [1.82, 2.24) is 0 Å². The zero-order valence-electron chi connectivity index (χ0n) is 11.1. The molecule has 1 aromatic rings. The summed E-state index contributed by atoms with van der Waals surface area (Å²) in [5.41, 5.74) is 0.702. The van der Waals surface area contributed by atoms with Crippen molar-refractivity contribution in [1.29, 1.82) is 0 Å². The molecular formula is C14H16O5. The quantitative estimate of drug-likeness (QED) is 0.611. The number of carbonyl (C=O) groups is 2. The first-order valence-electron chi connectivity index (χ1n) is 6.03. The van der Waals surface area contributed by atoms with E-state index >= 15 is 0 Å². The van der Waals surface area contributed by atoms with Crippen molar-refractivity contribution in [2.24, 2.45) is 0 Å². The molecule has 0 amide bonds. The van der Waals surface area contributed by atoms with Crippen molar-refractivity contribution < 1.29 is 23.8 Å². The number of epoxide rings is 1. The Kier molecular flexibility index (Phi) is 3.57. The van der Waals surface area contributed by atoms with Gasteiger partial charge in [-0.15, -0.1) is 0 Å². The highest BCUT2D eigenvalue weighted by atomic mass is 16.7. The van der Waals surface area contributed by atoms with Crippen LogP contribution in [0.15, 0.2) is 24.3 Å². The van der Waals surface area contributed by atoms with Crippen LogP contribution in [0.25, 0.3) is 0 Å². The first kappa shape index (κ1) is 13.5. The summed E-state index contributed by atoms with van der Waals surface area (Å²) >= 11 is 0. The monoisotopic (exact) mass is 264 g/mol. The molecule has 19 heavy (non-hydrogen) atoms. The lowest BCUT2D eigenvalue weighted by molar-refractivity contribution is -0.142. The fourth-order valence-corrected chi connectivity index (χ4v) is 2.22. The summed E-state index contributed by atoms with van der Waals surface area (Å²) in [6, 6.07) is 6.88. The highest BCUT2D eigenvalue weighted by molar-refractivity contribution is 5.89. The molecule has 1 aliphatic heterocycles. The minimum absolute atomic E-state index is 0.376. The van der Waals surface area contributed by atoms with Crippen molar-refractivity contribution in [2.45, 2.75) is 25.0 Å². The first-order chi connectivity index (χ1) is 9.08. The predicted molar refractivity (Wildman–Crippen MR) is 66.6 cm³/mol. The molecule has 1 saturated heterocycles. The van der Waals surface area contributed by atoms with E-state index in [4.69, 9.17) is 9.47 Å². The van der Waals surface area contributed by atoms with Crippen LogP contribution in [0.1, 0.15) is 29.3 Å². The van der Waals surface area contributed by atoms with Crippen LogP contribution in [0.2, 0.25) is 0 Å². The molecule has 0 aliphatic carbocycles. The Labute approximate surface area is 111 Å². The average Bonchev–Trinajstić information content (AvgIpc) is 3.22. The summed E-state index contributed by atoms with van der Waals surface area (Å²) in [7, 11) is 2.67. The molecular weight excluding hydrogens is 248 g/mol. The fourth-order valence-electron chi connectivity index (χ4n) is 2.22. The highest BCUT2D eigenvalue weighted by Crippen LogP contribution is 2.49. The Bertz CT molecular complexity index is 493. The van der Waals surface area contributed by atoms with Crippen molar-refractivity contribution in [3.05, 3.63) is 35.4 Å². The Morgan fingerprint density at radius 3 is 2.32 bits per heavy atom. The van der Waals surface area contributed by atoms with E-state index in [1.807, 2.05) is 6.92 Å². The molecule has 5 nitrogen and oxygen atoms in total. The Hall–Kier alpha value is -1.88. The van der Waals surface area contributed by atoms with Gasteiger partial charge in [0.15, 0.2) is 6.10 Å². The zero-order valence-corrected chi connectivity index (χ0v) is 11.1. The zero-order chi connectivity index (χ0) is 14.0. The lowest BCUT2D eigenvalue weighted by Crippen LogP contribution is -2.19. The van der Waals surface area contributed by atoms with Crippen LogP contribution in [0, 0.1) is 0 Å². The van der Waals surface area contributed by atoms with Gasteiger partial charge in [-0.2, -0.15) is 0 Å². The maximum Gasteiger partial charge on any atom is 0.338 e. The second-order valence-corrected chi connectivity index (χ2v) is 4.33. The van der Waals surface area contributed by atoms with Gasteiger partial charge >= 0.3 is 11.9 Å². The highest BCUT2D eigenvalue weighted by Gasteiger charge is 2.61. The van der Waals surface area contributed by atoms with Gasteiger partial charge in [-0.05, 0) is 24.1 Å². The van der Waals surface area contributed by atoms with Gasteiger partial charge in [-0.1, -0.05) is 19.1 Å². The maximum absolute atomic E-state index is 11.5. The third-order valence-electron chi connectivity index (χ3n) is 3.43. The van der Waals surface area contributed by atoms with Gasteiger partial charge in [0.1, 0.15) is 5.60 Å². The van der Waals surface area contributed by atoms with E-state index < -0.39 is 17.7 Å². The van der Waals surface area contributed by atoms with Crippen molar-refractivity contribution in [2.75, 3.05) is 14.2 Å². The molecule has 1 aromatic carbocycles. The number of ether oxygens (including phenoxy) is 3. The van der Waals surface area contributed by atoms with E-state index in [0.717, 1.165) is 5.56 Å². The number of benzene rings is 1.